The molecule has 264 valence electrons. The third-order valence-electron chi connectivity index (χ3n) is 8.16. The van der Waals surface area contributed by atoms with Gasteiger partial charge in [0.2, 0.25) is 11.8 Å². The second-order valence-corrected chi connectivity index (χ2v) is 13.4. The second kappa shape index (κ2) is 16.4. The van der Waals surface area contributed by atoms with Crippen LogP contribution in [0.25, 0.3) is 6.08 Å². The van der Waals surface area contributed by atoms with Crippen LogP contribution in [0.15, 0.2) is 23.9 Å². The predicted molar refractivity (Wildman–Crippen MR) is 178 cm³/mol. The molecule has 0 saturated heterocycles. The van der Waals surface area contributed by atoms with Gasteiger partial charge in [0, 0.05) is 47.8 Å². The van der Waals surface area contributed by atoms with Gasteiger partial charge < -0.3 is 42.4 Å². The van der Waals surface area contributed by atoms with E-state index in [0.717, 1.165) is 26.3 Å². The van der Waals surface area contributed by atoms with Crippen LogP contribution in [-0.4, -0.2) is 94.8 Å². The number of aryl methyl sites for hydroxylation is 2. The number of allylic oxidation sites excluding steroid dienone is 2. The Morgan fingerprint density at radius 2 is 1.60 bits per heavy atom. The molecular weight excluding hydrogens is 649 g/mol. The van der Waals surface area contributed by atoms with Crippen molar-refractivity contribution < 1.29 is 51.3 Å². The summed E-state index contributed by atoms with van der Waals surface area (Å²) in [5, 5.41) is 4.54. The molecule has 16 heteroatoms. The van der Waals surface area contributed by atoms with Crippen molar-refractivity contribution in [2.24, 2.45) is 11.8 Å². The lowest BCUT2D eigenvalue weighted by molar-refractivity contribution is -0.362. The Morgan fingerprint density at radius 1 is 0.979 bits per heavy atom. The van der Waals surface area contributed by atoms with Crippen LogP contribution in [0.4, 0.5) is 8.63 Å². The molecule has 3 atom stereocenters. The van der Waals surface area contributed by atoms with Crippen LogP contribution >= 0.6 is 11.8 Å². The van der Waals surface area contributed by atoms with E-state index in [9.17, 15) is 24.0 Å². The molecule has 3 heterocycles. The summed E-state index contributed by atoms with van der Waals surface area (Å²) in [5.41, 5.74) is 2.17. The maximum absolute atomic E-state index is 15.8. The van der Waals surface area contributed by atoms with Crippen molar-refractivity contribution in [2.75, 3.05) is 26.1 Å². The van der Waals surface area contributed by atoms with Gasteiger partial charge in [-0.1, -0.05) is 20.8 Å². The van der Waals surface area contributed by atoms with Gasteiger partial charge >= 0.3 is 24.9 Å². The van der Waals surface area contributed by atoms with E-state index in [2.05, 4.69) is 10.6 Å². The van der Waals surface area contributed by atoms with Crippen molar-refractivity contribution in [2.45, 2.75) is 78.6 Å². The van der Waals surface area contributed by atoms with Gasteiger partial charge in [-0.05, 0) is 50.9 Å². The number of methoxy groups -OCH3 is 1. The number of esters is 3. The second-order valence-electron chi connectivity index (χ2n) is 12.0. The Bertz CT molecular complexity index is 1500. The fraction of sp³-hybridized carbons (Fsp3) is 0.562. The first-order valence-corrected chi connectivity index (χ1v) is 17.0. The van der Waals surface area contributed by atoms with E-state index in [-0.39, 0.29) is 43.4 Å². The summed E-state index contributed by atoms with van der Waals surface area (Å²) in [6, 6.07) is -0.541. The normalized spacial score (nSPS) is 16.5. The number of nitrogens with zero attached hydrogens (tertiary/aromatic N) is 2. The largest absolute Gasteiger partial charge is 0.737 e. The minimum absolute atomic E-state index is 0.0408. The lowest BCUT2D eigenvalue weighted by Crippen LogP contribution is -2.54. The van der Waals surface area contributed by atoms with Crippen molar-refractivity contribution >= 4 is 60.2 Å². The van der Waals surface area contributed by atoms with E-state index in [0.29, 0.717) is 17.1 Å². The zero-order chi connectivity index (χ0) is 35.9. The van der Waals surface area contributed by atoms with Gasteiger partial charge in [-0.25, -0.2) is 4.79 Å². The minimum atomic E-state index is -4.21. The van der Waals surface area contributed by atoms with E-state index >= 15 is 8.63 Å². The van der Waals surface area contributed by atoms with E-state index < -0.39 is 59.9 Å². The number of carbonyl (C=O) groups is 5. The topological polar surface area (TPSA) is 145 Å². The number of hydrogen-bond acceptors (Lipinski definition) is 9. The Labute approximate surface area is 283 Å². The number of carbonyl (C=O) groups excluding carboxylic acids is 5. The molecule has 1 aromatic rings. The van der Waals surface area contributed by atoms with Crippen molar-refractivity contribution in [3.8, 4) is 0 Å². The number of halogens is 2. The number of fused-ring (bicyclic) bond motifs is 2. The molecule has 2 amide bonds. The highest BCUT2D eigenvalue weighted by Gasteiger charge is 2.52. The number of thioether (sulfide) groups is 1. The highest BCUT2D eigenvalue weighted by atomic mass is 32.2. The quantitative estimate of drug-likeness (QED) is 0.115. The Kier molecular flexibility index (Phi) is 13.2. The average Bonchev–Trinajstić information content (AvgIpc) is 3.56. The van der Waals surface area contributed by atoms with Crippen LogP contribution in [0.1, 0.15) is 64.4 Å². The Morgan fingerprint density at radius 3 is 2.17 bits per heavy atom. The first-order valence-electron chi connectivity index (χ1n) is 16.0. The molecule has 2 aliphatic heterocycles. The molecule has 0 aromatic carbocycles. The maximum atomic E-state index is 15.8. The Balaban J connectivity index is 1.81. The first-order chi connectivity index (χ1) is 22.6. The molecule has 48 heavy (non-hydrogen) atoms. The summed E-state index contributed by atoms with van der Waals surface area (Å²) >= 11 is 1.05. The molecule has 1 aromatic heterocycles. The van der Waals surface area contributed by atoms with Gasteiger partial charge in [-0.3, -0.25) is 19.2 Å². The lowest BCUT2D eigenvalue weighted by atomic mass is 9.90. The molecule has 0 radical (unpaired) electrons. The minimum Gasteiger partial charge on any atom is -0.467 e. The van der Waals surface area contributed by atoms with Crippen molar-refractivity contribution in [3.63, 3.8) is 0 Å². The fourth-order valence-electron chi connectivity index (χ4n) is 5.75. The zero-order valence-corrected chi connectivity index (χ0v) is 29.5. The molecule has 12 nitrogen and oxygen atoms in total. The SMILES string of the molecule is CCOC(=O)C(C(=O)OCC)C(C)SC[C@H](NC(=O)CCC1=[N+]2C(=Cc3c(C)cc(C)n3[B-]2(F)F)C=C1)C(=O)N[C@H](C(=O)OC)C(C)C. The summed E-state index contributed by atoms with van der Waals surface area (Å²) < 4.78 is 48.6. The van der Waals surface area contributed by atoms with Crippen LogP contribution in [0.3, 0.4) is 0 Å². The fourth-order valence-corrected chi connectivity index (χ4v) is 6.90. The van der Waals surface area contributed by atoms with E-state index in [1.165, 1.54) is 7.11 Å². The smallest absolute Gasteiger partial charge is 0.467 e. The highest BCUT2D eigenvalue weighted by Crippen LogP contribution is 2.34. The highest BCUT2D eigenvalue weighted by molar-refractivity contribution is 8.00. The third kappa shape index (κ3) is 8.55. The van der Waals surface area contributed by atoms with E-state index in [1.54, 1.807) is 72.8 Å². The van der Waals surface area contributed by atoms with Crippen LogP contribution in [0.5, 0.6) is 0 Å². The van der Waals surface area contributed by atoms with Crippen LogP contribution in [-0.2, 0) is 38.2 Å². The third-order valence-corrected chi connectivity index (χ3v) is 9.49. The maximum Gasteiger partial charge on any atom is 0.737 e. The zero-order valence-electron chi connectivity index (χ0n) is 28.6. The molecule has 3 rings (SSSR count). The number of hydrogen-bond donors (Lipinski definition) is 2. The molecule has 0 saturated carbocycles. The number of aromatic nitrogens is 1. The number of rotatable bonds is 16. The summed E-state index contributed by atoms with van der Waals surface area (Å²) in [6.45, 7) is 7.49. The lowest BCUT2D eigenvalue weighted by Gasteiger charge is -2.30. The van der Waals surface area contributed by atoms with Crippen molar-refractivity contribution in [1.29, 1.82) is 0 Å². The Hall–Kier alpha value is -3.95. The van der Waals surface area contributed by atoms with Gasteiger partial charge in [0.05, 0.1) is 20.3 Å². The van der Waals surface area contributed by atoms with Crippen molar-refractivity contribution in [3.05, 3.63) is 40.9 Å². The molecule has 2 aliphatic rings. The molecule has 0 aliphatic carbocycles. The standard InChI is InChI=1S/C32H45BF2N4O8S/c1-9-46-30(42)27(31(43)47-10-2)21(7)48-17-24(29(41)37-28(18(3)4)32(44)45-8)36-26(40)14-13-22-11-12-23-16-25-19(5)15-20(6)38(25)33(34,35)39(22)23/h11-12,15-16,18,21,24,27-28H,9-10,13-14,17H2,1-8H3,(H,36,40)(H,37,41)/t21?,24-,28-/m0/s1. The van der Waals surface area contributed by atoms with Gasteiger partial charge in [-0.2, -0.15) is 11.8 Å². The van der Waals surface area contributed by atoms with Crippen LogP contribution in [0.2, 0.25) is 0 Å². The van der Waals surface area contributed by atoms with Gasteiger partial charge in [0.1, 0.15) is 17.8 Å². The van der Waals surface area contributed by atoms with Crippen LogP contribution < -0.4 is 10.6 Å². The molecule has 2 N–H and O–H groups in total. The summed E-state index contributed by atoms with van der Waals surface area (Å²) in [6.07, 6.45) is 4.56. The summed E-state index contributed by atoms with van der Waals surface area (Å²) in [5.74, 6) is -5.29. The van der Waals surface area contributed by atoms with Gasteiger partial charge in [-0.15, -0.1) is 0 Å². The number of nitrogens with one attached hydrogen (secondary N) is 2. The first kappa shape index (κ1) is 38.5. The number of amides is 2. The van der Waals surface area contributed by atoms with E-state index in [1.807, 2.05) is 0 Å². The molecular formula is C32H45BF2N4O8S. The number of ether oxygens (including phenoxy) is 3. The van der Waals surface area contributed by atoms with Gasteiger partial charge in [0.25, 0.3) is 0 Å². The van der Waals surface area contributed by atoms with Crippen molar-refractivity contribution in [1.82, 2.24) is 15.1 Å². The summed E-state index contributed by atoms with van der Waals surface area (Å²) in [4.78, 5) is 64.4. The monoisotopic (exact) mass is 694 g/mol. The van der Waals surface area contributed by atoms with E-state index in [4.69, 9.17) is 14.2 Å². The predicted octanol–water partition coefficient (Wildman–Crippen LogP) is 3.15. The van der Waals surface area contributed by atoms with Gasteiger partial charge in [0.15, 0.2) is 11.6 Å². The van der Waals surface area contributed by atoms with Crippen LogP contribution in [0, 0.1) is 25.7 Å². The summed E-state index contributed by atoms with van der Waals surface area (Å²) in [7, 11) is 1.19. The molecule has 0 fully saturated rings. The average molecular weight is 695 g/mol. The molecule has 1 unspecified atom stereocenters. The molecule has 0 bridgehead atoms. The molecule has 0 spiro atoms.